The molecule has 6 heavy (non-hydrogen) atoms. The Morgan fingerprint density at radius 2 is 2.17 bits per heavy atom. The minimum absolute atomic E-state index is 1.16. The van der Waals surface area contributed by atoms with Crippen LogP contribution in [-0.4, -0.2) is 19.6 Å². The van der Waals surface area contributed by atoms with E-state index in [0.717, 1.165) is 6.26 Å². The molecule has 5 heteroatoms. The summed E-state index contributed by atoms with van der Waals surface area (Å²) in [5, 5.41) is 0. The monoisotopic (exact) mass is 128 g/mol. The molecular formula is CH4O3S2. The van der Waals surface area contributed by atoms with Gasteiger partial charge in [0.05, 0.1) is 10.2 Å². The summed E-state index contributed by atoms with van der Waals surface area (Å²) in [6.45, 7) is 0. The van der Waals surface area contributed by atoms with Crippen LogP contribution in [-0.2, 0) is 20.3 Å². The van der Waals surface area contributed by atoms with E-state index in [1.807, 2.05) is 0 Å². The zero-order chi connectivity index (χ0) is 5.15. The lowest BCUT2D eigenvalue weighted by atomic mass is 12.0. The molecular weight excluding hydrogens is 124 g/mol. The molecule has 0 aliphatic rings. The summed E-state index contributed by atoms with van der Waals surface area (Å²) >= 11 is 0. The van der Waals surface area contributed by atoms with Gasteiger partial charge in [0, 0.05) is 0 Å². The molecule has 0 saturated heterocycles. The molecule has 0 radical (unpaired) electrons. The van der Waals surface area contributed by atoms with Gasteiger partial charge in [-0.2, -0.15) is 4.21 Å². The number of hydrogen-bond acceptors (Lipinski definition) is 2. The highest BCUT2D eigenvalue weighted by molar-refractivity contribution is 8.61. The van der Waals surface area contributed by atoms with Crippen molar-refractivity contribution < 1.29 is 13.3 Å². The van der Waals surface area contributed by atoms with Crippen molar-refractivity contribution >= 4 is 20.3 Å². The van der Waals surface area contributed by atoms with E-state index < -0.39 is 20.3 Å². The molecule has 0 amide bonds. The van der Waals surface area contributed by atoms with Crippen LogP contribution in [0.2, 0.25) is 0 Å². The van der Waals surface area contributed by atoms with Crippen LogP contribution in [0, 0.1) is 0 Å². The Balaban J connectivity index is 3.26. The van der Waals surface area contributed by atoms with Crippen LogP contribution in [0.15, 0.2) is 0 Å². The fraction of sp³-hybridized carbons (Fsp3) is 1.00. The van der Waals surface area contributed by atoms with Gasteiger partial charge in [-0.15, -0.1) is 0 Å². The summed E-state index contributed by atoms with van der Waals surface area (Å²) < 4.78 is 27.0. The highest BCUT2D eigenvalue weighted by Crippen LogP contribution is 1.83. The van der Waals surface area contributed by atoms with Gasteiger partial charge in [0.1, 0.15) is 6.26 Å². The first-order valence-electron chi connectivity index (χ1n) is 1.09. The Labute approximate surface area is 40.6 Å². The first-order chi connectivity index (χ1) is 2.64. The zero-order valence-electron chi connectivity index (χ0n) is 3.08. The second-order valence-electron chi connectivity index (χ2n) is 0.618. The predicted octanol–water partition coefficient (Wildman–Crippen LogP) is -0.498. The Morgan fingerprint density at radius 1 is 2.00 bits per heavy atom. The summed E-state index contributed by atoms with van der Waals surface area (Å²) in [7, 11) is -3.73. The lowest BCUT2D eigenvalue weighted by Gasteiger charge is -1.91. The van der Waals surface area contributed by atoms with E-state index in [2.05, 4.69) is 0 Å². The Kier molecular flexibility index (Phi) is 2.75. The van der Waals surface area contributed by atoms with Crippen LogP contribution in [0.4, 0.5) is 0 Å². The standard InChI is InChI=1S/CH4O3S2/c1-5(2)6(3)4/h1H3,(H,3,4). The predicted molar refractivity (Wildman–Crippen MR) is 24.8 cm³/mol. The van der Waals surface area contributed by atoms with Crippen LogP contribution in [0.3, 0.4) is 0 Å². The van der Waals surface area contributed by atoms with Crippen molar-refractivity contribution in [2.45, 2.75) is 0 Å². The van der Waals surface area contributed by atoms with Gasteiger partial charge >= 0.3 is 10.1 Å². The van der Waals surface area contributed by atoms with Crippen LogP contribution in [0.25, 0.3) is 0 Å². The Bertz CT molecular complexity index is 59.8. The molecule has 0 aromatic carbocycles. The molecule has 0 fully saturated rings. The highest BCUT2D eigenvalue weighted by Gasteiger charge is 2.01. The van der Waals surface area contributed by atoms with Gasteiger partial charge in [0.2, 0.25) is 0 Å². The zero-order valence-corrected chi connectivity index (χ0v) is 4.71. The SMILES string of the molecule is C[S+]([O-])S(=O)O. The van der Waals surface area contributed by atoms with E-state index in [1.165, 1.54) is 0 Å². The van der Waals surface area contributed by atoms with E-state index in [0.29, 0.717) is 0 Å². The van der Waals surface area contributed by atoms with Crippen molar-refractivity contribution in [2.24, 2.45) is 0 Å². The normalized spacial score (nSPS) is 19.8. The van der Waals surface area contributed by atoms with Crippen LogP contribution in [0.5, 0.6) is 0 Å². The van der Waals surface area contributed by atoms with Gasteiger partial charge in [-0.05, 0) is 0 Å². The third-order valence-corrected chi connectivity index (χ3v) is 1.81. The van der Waals surface area contributed by atoms with Gasteiger partial charge in [0.25, 0.3) is 0 Å². The fourth-order valence-corrected chi connectivity index (χ4v) is 0. The second kappa shape index (κ2) is 2.57. The van der Waals surface area contributed by atoms with Crippen LogP contribution >= 0.6 is 0 Å². The molecule has 0 rings (SSSR count). The average Bonchev–Trinajstić information content (AvgIpc) is 1.36. The minimum atomic E-state index is -2.15. The fourth-order valence-electron chi connectivity index (χ4n) is 0. The molecule has 0 heterocycles. The van der Waals surface area contributed by atoms with E-state index in [1.54, 1.807) is 0 Å². The summed E-state index contributed by atoms with van der Waals surface area (Å²) in [6, 6.07) is 0. The molecule has 2 unspecified atom stereocenters. The number of rotatable bonds is 1. The van der Waals surface area contributed by atoms with E-state index >= 15 is 0 Å². The first-order valence-corrected chi connectivity index (χ1v) is 4.27. The molecule has 0 aliphatic heterocycles. The third-order valence-electron chi connectivity index (χ3n) is 0.201. The highest BCUT2D eigenvalue weighted by atomic mass is 33.2. The van der Waals surface area contributed by atoms with Gasteiger partial charge in [-0.3, -0.25) is 4.55 Å². The second-order valence-corrected chi connectivity index (χ2v) is 4.12. The minimum Gasteiger partial charge on any atom is -0.602 e. The molecule has 0 spiro atoms. The molecule has 0 bridgehead atoms. The van der Waals surface area contributed by atoms with Gasteiger partial charge in [-0.25, -0.2) is 0 Å². The van der Waals surface area contributed by atoms with Gasteiger partial charge in [-0.1, -0.05) is 0 Å². The molecule has 0 aliphatic carbocycles. The first kappa shape index (κ1) is 6.42. The van der Waals surface area contributed by atoms with Crippen LogP contribution < -0.4 is 0 Å². The van der Waals surface area contributed by atoms with Crippen molar-refractivity contribution in [2.75, 3.05) is 6.26 Å². The Hall–Kier alpha value is 0.420. The summed E-state index contributed by atoms with van der Waals surface area (Å²) in [5.74, 6) is 0. The summed E-state index contributed by atoms with van der Waals surface area (Å²) in [6.07, 6.45) is 1.16. The van der Waals surface area contributed by atoms with E-state index in [9.17, 15) is 8.76 Å². The molecule has 38 valence electrons. The smallest absolute Gasteiger partial charge is 0.369 e. The Morgan fingerprint density at radius 3 is 2.17 bits per heavy atom. The summed E-state index contributed by atoms with van der Waals surface area (Å²) in [5.41, 5.74) is 0. The average molecular weight is 128 g/mol. The van der Waals surface area contributed by atoms with Crippen molar-refractivity contribution in [3.63, 3.8) is 0 Å². The van der Waals surface area contributed by atoms with Gasteiger partial charge < -0.3 is 4.55 Å². The van der Waals surface area contributed by atoms with Crippen LogP contribution in [0.1, 0.15) is 0 Å². The van der Waals surface area contributed by atoms with Crippen molar-refractivity contribution in [3.05, 3.63) is 0 Å². The largest absolute Gasteiger partial charge is 0.602 e. The number of hydrogen-bond donors (Lipinski definition) is 1. The third kappa shape index (κ3) is 2.65. The molecule has 1 N–H and O–H groups in total. The van der Waals surface area contributed by atoms with Crippen molar-refractivity contribution in [3.8, 4) is 0 Å². The van der Waals surface area contributed by atoms with Crippen molar-refractivity contribution in [1.82, 2.24) is 0 Å². The van der Waals surface area contributed by atoms with Crippen molar-refractivity contribution in [1.29, 1.82) is 0 Å². The maximum atomic E-state index is 9.70. The van der Waals surface area contributed by atoms with Gasteiger partial charge in [0.15, 0.2) is 0 Å². The van der Waals surface area contributed by atoms with E-state index in [-0.39, 0.29) is 0 Å². The molecule has 2 atom stereocenters. The molecule has 0 aromatic heterocycles. The maximum absolute atomic E-state index is 9.70. The maximum Gasteiger partial charge on any atom is 0.369 e. The summed E-state index contributed by atoms with van der Waals surface area (Å²) in [4.78, 5) is 0. The van der Waals surface area contributed by atoms with E-state index in [4.69, 9.17) is 4.55 Å². The quantitative estimate of drug-likeness (QED) is 0.294. The molecule has 0 saturated carbocycles. The lowest BCUT2D eigenvalue weighted by molar-refractivity contribution is 0.564. The topological polar surface area (TPSA) is 60.4 Å². The molecule has 3 nitrogen and oxygen atoms in total. The molecule has 0 aromatic rings. The lowest BCUT2D eigenvalue weighted by Crippen LogP contribution is -2.02.